The summed E-state index contributed by atoms with van der Waals surface area (Å²) in [5, 5.41) is 0. The average Bonchev–Trinajstić information content (AvgIpc) is 2.94. The summed E-state index contributed by atoms with van der Waals surface area (Å²) in [7, 11) is 0. The highest BCUT2D eigenvalue weighted by atomic mass is 79.9. The third-order valence-electron chi connectivity index (χ3n) is 4.03. The van der Waals surface area contributed by atoms with Crippen molar-refractivity contribution in [3.05, 3.63) is 69.6 Å². The van der Waals surface area contributed by atoms with Crippen LogP contribution in [0.2, 0.25) is 0 Å². The molecule has 1 saturated heterocycles. The highest BCUT2D eigenvalue weighted by Crippen LogP contribution is 2.40. The lowest BCUT2D eigenvalue weighted by Crippen LogP contribution is -2.27. The molecule has 0 radical (unpaired) electrons. The first kappa shape index (κ1) is 21.6. The van der Waals surface area contributed by atoms with E-state index in [4.69, 9.17) is 21.7 Å². The molecule has 3 rings (SSSR count). The van der Waals surface area contributed by atoms with Crippen LogP contribution in [0.1, 0.15) is 18.1 Å². The number of ether oxygens (including phenoxy) is 2. The minimum Gasteiger partial charge on any atom is -0.490 e. The Balaban J connectivity index is 1.94. The van der Waals surface area contributed by atoms with Crippen molar-refractivity contribution in [3.8, 4) is 11.5 Å². The lowest BCUT2D eigenvalue weighted by atomic mass is 10.1. The Morgan fingerprint density at radius 1 is 1.28 bits per heavy atom. The van der Waals surface area contributed by atoms with E-state index in [-0.39, 0.29) is 5.91 Å². The van der Waals surface area contributed by atoms with Crippen molar-refractivity contribution in [2.45, 2.75) is 13.8 Å². The van der Waals surface area contributed by atoms with Gasteiger partial charge in [-0.15, -0.1) is 0 Å². The van der Waals surface area contributed by atoms with Gasteiger partial charge >= 0.3 is 0 Å². The highest BCUT2D eigenvalue weighted by Gasteiger charge is 2.33. The van der Waals surface area contributed by atoms with Crippen LogP contribution in [0.15, 0.2) is 58.4 Å². The molecule has 1 aliphatic heterocycles. The molecule has 1 heterocycles. The Morgan fingerprint density at radius 3 is 2.76 bits per heavy atom. The van der Waals surface area contributed by atoms with Gasteiger partial charge in [-0.25, -0.2) is 0 Å². The normalized spacial score (nSPS) is 15.1. The second-order valence-electron chi connectivity index (χ2n) is 6.22. The molecule has 0 bridgehead atoms. The molecule has 1 fully saturated rings. The molecule has 0 saturated carbocycles. The standard InChI is InChI=1S/C22H20BrNO3S2/c1-4-9-27-20-17(23)11-15(12-18(20)26-5-2)13-19-21(25)24(22(28)29-19)16-8-6-7-14(3)10-16/h4,6-8,10-13H,1,5,9H2,2-3H3/b19-13-. The number of rotatable bonds is 7. The van der Waals surface area contributed by atoms with Gasteiger partial charge < -0.3 is 9.47 Å². The zero-order valence-corrected chi connectivity index (χ0v) is 19.3. The number of hydrogen-bond acceptors (Lipinski definition) is 5. The van der Waals surface area contributed by atoms with E-state index in [1.54, 1.807) is 11.0 Å². The first-order chi connectivity index (χ1) is 13.9. The minimum absolute atomic E-state index is 0.133. The Labute approximate surface area is 188 Å². The minimum atomic E-state index is -0.133. The van der Waals surface area contributed by atoms with Gasteiger partial charge in [-0.2, -0.15) is 0 Å². The summed E-state index contributed by atoms with van der Waals surface area (Å²) < 4.78 is 12.7. The van der Waals surface area contributed by atoms with Crippen LogP contribution in [0, 0.1) is 6.92 Å². The summed E-state index contributed by atoms with van der Waals surface area (Å²) in [6.45, 7) is 8.43. The summed E-state index contributed by atoms with van der Waals surface area (Å²) in [6, 6.07) is 11.5. The number of hydrogen-bond donors (Lipinski definition) is 0. The van der Waals surface area contributed by atoms with E-state index in [0.717, 1.165) is 21.3 Å². The number of anilines is 1. The molecule has 29 heavy (non-hydrogen) atoms. The molecule has 0 unspecified atom stereocenters. The zero-order chi connectivity index (χ0) is 21.0. The maximum absolute atomic E-state index is 13.0. The molecule has 0 N–H and O–H groups in total. The van der Waals surface area contributed by atoms with E-state index in [0.29, 0.717) is 33.9 Å². The van der Waals surface area contributed by atoms with Crippen molar-refractivity contribution in [2.24, 2.45) is 0 Å². The van der Waals surface area contributed by atoms with Gasteiger partial charge in [0.15, 0.2) is 15.8 Å². The second-order valence-corrected chi connectivity index (χ2v) is 8.75. The summed E-state index contributed by atoms with van der Waals surface area (Å²) in [5.41, 5.74) is 2.66. The van der Waals surface area contributed by atoms with E-state index in [1.807, 2.05) is 56.3 Å². The first-order valence-corrected chi connectivity index (χ1v) is 11.0. The van der Waals surface area contributed by atoms with Gasteiger partial charge in [-0.3, -0.25) is 9.69 Å². The zero-order valence-electron chi connectivity index (χ0n) is 16.1. The Hall–Kier alpha value is -2.09. The number of aryl methyl sites for hydroxylation is 1. The van der Waals surface area contributed by atoms with E-state index in [2.05, 4.69) is 22.5 Å². The molecule has 0 spiro atoms. The van der Waals surface area contributed by atoms with Crippen LogP contribution in [0.25, 0.3) is 6.08 Å². The number of halogens is 1. The third kappa shape index (κ3) is 4.91. The molecular formula is C22H20BrNO3S2. The van der Waals surface area contributed by atoms with Crippen LogP contribution in [0.3, 0.4) is 0 Å². The van der Waals surface area contributed by atoms with Crippen molar-refractivity contribution in [3.63, 3.8) is 0 Å². The first-order valence-electron chi connectivity index (χ1n) is 8.99. The molecule has 0 aromatic heterocycles. The summed E-state index contributed by atoms with van der Waals surface area (Å²) in [6.07, 6.45) is 3.49. The smallest absolute Gasteiger partial charge is 0.270 e. The van der Waals surface area contributed by atoms with E-state index in [1.165, 1.54) is 11.8 Å². The summed E-state index contributed by atoms with van der Waals surface area (Å²) >= 11 is 10.3. The quantitative estimate of drug-likeness (QED) is 0.265. The molecule has 7 heteroatoms. The fourth-order valence-electron chi connectivity index (χ4n) is 2.83. The molecule has 4 nitrogen and oxygen atoms in total. The van der Waals surface area contributed by atoms with Gasteiger partial charge in [-0.05, 0) is 71.2 Å². The SMILES string of the molecule is C=CCOc1c(Br)cc(/C=C2\SC(=S)N(c3cccc(C)c3)C2=O)cc1OCC. The van der Waals surface area contributed by atoms with Crippen molar-refractivity contribution in [2.75, 3.05) is 18.1 Å². The fraction of sp³-hybridized carbons (Fsp3) is 0.182. The van der Waals surface area contributed by atoms with Crippen molar-refractivity contribution < 1.29 is 14.3 Å². The molecule has 0 atom stereocenters. The predicted molar refractivity (Wildman–Crippen MR) is 128 cm³/mol. The molecule has 2 aromatic carbocycles. The van der Waals surface area contributed by atoms with Crippen LogP contribution in [-0.2, 0) is 4.79 Å². The second kappa shape index (κ2) is 9.61. The molecule has 150 valence electrons. The van der Waals surface area contributed by atoms with Gasteiger partial charge in [-0.1, -0.05) is 48.8 Å². The number of carbonyl (C=O) groups excluding carboxylic acids is 1. The highest BCUT2D eigenvalue weighted by molar-refractivity contribution is 9.10. The van der Waals surface area contributed by atoms with Gasteiger partial charge in [0.2, 0.25) is 0 Å². The fourth-order valence-corrected chi connectivity index (χ4v) is 4.70. The average molecular weight is 490 g/mol. The van der Waals surface area contributed by atoms with Crippen molar-refractivity contribution >= 4 is 61.9 Å². The number of thioether (sulfide) groups is 1. The molecule has 2 aromatic rings. The summed E-state index contributed by atoms with van der Waals surface area (Å²) in [4.78, 5) is 15.1. The molecular weight excluding hydrogens is 470 g/mol. The maximum Gasteiger partial charge on any atom is 0.270 e. The number of nitrogens with zero attached hydrogens (tertiary/aromatic N) is 1. The Kier molecular flexibility index (Phi) is 7.16. The van der Waals surface area contributed by atoms with Crippen LogP contribution < -0.4 is 14.4 Å². The predicted octanol–water partition coefficient (Wildman–Crippen LogP) is 6.13. The monoisotopic (exact) mass is 489 g/mol. The molecule has 1 amide bonds. The van der Waals surface area contributed by atoms with E-state index < -0.39 is 0 Å². The maximum atomic E-state index is 13.0. The van der Waals surface area contributed by atoms with Crippen molar-refractivity contribution in [1.29, 1.82) is 0 Å². The van der Waals surface area contributed by atoms with Crippen LogP contribution in [-0.4, -0.2) is 23.4 Å². The largest absolute Gasteiger partial charge is 0.490 e. The number of carbonyl (C=O) groups is 1. The topological polar surface area (TPSA) is 38.8 Å². The lowest BCUT2D eigenvalue weighted by molar-refractivity contribution is -0.113. The van der Waals surface area contributed by atoms with Gasteiger partial charge in [0, 0.05) is 0 Å². The Bertz CT molecular complexity index is 1000. The van der Waals surface area contributed by atoms with Gasteiger partial charge in [0.25, 0.3) is 5.91 Å². The van der Waals surface area contributed by atoms with E-state index >= 15 is 0 Å². The summed E-state index contributed by atoms with van der Waals surface area (Å²) in [5.74, 6) is 1.08. The van der Waals surface area contributed by atoms with Crippen LogP contribution in [0.4, 0.5) is 5.69 Å². The van der Waals surface area contributed by atoms with Crippen LogP contribution in [0.5, 0.6) is 11.5 Å². The lowest BCUT2D eigenvalue weighted by Gasteiger charge is -2.15. The van der Waals surface area contributed by atoms with Gasteiger partial charge in [0.1, 0.15) is 6.61 Å². The number of benzene rings is 2. The van der Waals surface area contributed by atoms with Crippen molar-refractivity contribution in [1.82, 2.24) is 0 Å². The van der Waals surface area contributed by atoms with E-state index in [9.17, 15) is 4.79 Å². The van der Waals surface area contributed by atoms with Gasteiger partial charge in [0.05, 0.1) is 21.7 Å². The molecule has 1 aliphatic rings. The Morgan fingerprint density at radius 2 is 2.07 bits per heavy atom. The molecule has 0 aliphatic carbocycles. The number of thiocarbonyl (C=S) groups is 1. The third-order valence-corrected chi connectivity index (χ3v) is 5.92. The van der Waals surface area contributed by atoms with Crippen LogP contribution >= 0.6 is 39.9 Å². The number of amides is 1.